The highest BCUT2D eigenvalue weighted by Crippen LogP contribution is 2.28. The fourth-order valence-corrected chi connectivity index (χ4v) is 3.76. The van der Waals surface area contributed by atoms with Gasteiger partial charge in [-0.05, 0) is 81.3 Å². The molecule has 37 heavy (non-hydrogen) atoms. The average Bonchev–Trinajstić information content (AvgIpc) is 3.50. The largest absolute Gasteiger partial charge is 0.483 e. The zero-order valence-corrected chi connectivity index (χ0v) is 20.6. The maximum atomic E-state index is 13.2. The maximum Gasteiger partial charge on any atom is 0.303 e. The van der Waals surface area contributed by atoms with Gasteiger partial charge in [-0.1, -0.05) is 5.16 Å². The lowest BCUT2D eigenvalue weighted by atomic mass is 10.1. The van der Waals surface area contributed by atoms with E-state index in [2.05, 4.69) is 10.1 Å². The van der Waals surface area contributed by atoms with Crippen LogP contribution in [0.2, 0.25) is 0 Å². The van der Waals surface area contributed by atoms with E-state index in [4.69, 9.17) is 19.1 Å². The number of aliphatic carboxylic acids is 1. The third-order valence-corrected chi connectivity index (χ3v) is 5.74. The number of carbonyl (C=O) groups is 2. The molecule has 9 nitrogen and oxygen atoms in total. The van der Waals surface area contributed by atoms with Crippen molar-refractivity contribution >= 4 is 11.8 Å². The van der Waals surface area contributed by atoms with Crippen molar-refractivity contribution in [3.05, 3.63) is 78.1 Å². The summed E-state index contributed by atoms with van der Waals surface area (Å²) in [5.41, 5.74) is 1.28. The second-order valence-corrected chi connectivity index (χ2v) is 8.55. The lowest BCUT2D eigenvalue weighted by Crippen LogP contribution is -2.30. The molecule has 0 aliphatic heterocycles. The fourth-order valence-electron chi connectivity index (χ4n) is 3.76. The number of ketones is 1. The Labute approximate surface area is 212 Å². The number of rotatable bonds is 11. The number of carboxylic acid groups (broad SMARTS) is 1. The van der Waals surface area contributed by atoms with Gasteiger partial charge in [0, 0.05) is 18.8 Å². The summed E-state index contributed by atoms with van der Waals surface area (Å²) in [6.45, 7) is 5.10. The Hall–Kier alpha value is -4.47. The first kappa shape index (κ1) is 25.6. The number of ether oxygens (including phenoxy) is 2. The first-order chi connectivity index (χ1) is 17.7. The predicted molar refractivity (Wildman–Crippen MR) is 131 cm³/mol. The second kappa shape index (κ2) is 11.1. The molecule has 4 rings (SSSR count). The van der Waals surface area contributed by atoms with Crippen LogP contribution in [0, 0.1) is 12.7 Å². The quantitative estimate of drug-likeness (QED) is 0.287. The first-order valence-electron chi connectivity index (χ1n) is 11.7. The molecule has 0 radical (unpaired) electrons. The Bertz CT molecular complexity index is 1380. The van der Waals surface area contributed by atoms with E-state index in [-0.39, 0.29) is 30.3 Å². The third-order valence-electron chi connectivity index (χ3n) is 5.74. The van der Waals surface area contributed by atoms with Gasteiger partial charge in [0.1, 0.15) is 23.1 Å². The molecule has 0 fully saturated rings. The Balaban J connectivity index is 1.43. The van der Waals surface area contributed by atoms with Gasteiger partial charge in [0.25, 0.3) is 5.89 Å². The van der Waals surface area contributed by atoms with Crippen LogP contribution in [-0.4, -0.2) is 37.7 Å². The molecule has 10 heteroatoms. The molecule has 0 aliphatic carbocycles. The first-order valence-corrected chi connectivity index (χ1v) is 11.7. The highest BCUT2D eigenvalue weighted by Gasteiger charge is 2.25. The average molecular weight is 508 g/mol. The lowest BCUT2D eigenvalue weighted by molar-refractivity contribution is -0.137. The molecule has 0 saturated carbocycles. The number of nitrogens with zero attached hydrogens (tertiary/aromatic N) is 3. The summed E-state index contributed by atoms with van der Waals surface area (Å²) >= 11 is 0. The molecule has 4 aromatic rings. The molecular formula is C27H26FN3O6. The Kier molecular flexibility index (Phi) is 7.66. The highest BCUT2D eigenvalue weighted by atomic mass is 19.1. The number of halogens is 1. The van der Waals surface area contributed by atoms with Crippen molar-refractivity contribution in [2.75, 3.05) is 0 Å². The van der Waals surface area contributed by atoms with Crippen LogP contribution in [-0.2, 0) is 16.0 Å². The van der Waals surface area contributed by atoms with Gasteiger partial charge in [-0.2, -0.15) is 4.98 Å². The summed E-state index contributed by atoms with van der Waals surface area (Å²) < 4.78 is 31.6. The maximum absolute atomic E-state index is 13.2. The van der Waals surface area contributed by atoms with Crippen molar-refractivity contribution in [3.63, 3.8) is 0 Å². The van der Waals surface area contributed by atoms with Gasteiger partial charge in [0.2, 0.25) is 0 Å². The molecule has 2 unspecified atom stereocenters. The summed E-state index contributed by atoms with van der Waals surface area (Å²) in [4.78, 5) is 28.5. The zero-order chi connectivity index (χ0) is 26.5. The Morgan fingerprint density at radius 1 is 1.03 bits per heavy atom. The van der Waals surface area contributed by atoms with Crippen LogP contribution in [0.3, 0.4) is 0 Å². The number of hydrogen-bond acceptors (Lipinski definition) is 7. The summed E-state index contributed by atoms with van der Waals surface area (Å²) in [6.07, 6.45) is 2.85. The van der Waals surface area contributed by atoms with E-state index < -0.39 is 18.1 Å². The van der Waals surface area contributed by atoms with Crippen LogP contribution in [0.15, 0.2) is 65.4 Å². The fraction of sp³-hybridized carbons (Fsp3) is 0.259. The highest BCUT2D eigenvalue weighted by molar-refractivity contribution is 5.86. The van der Waals surface area contributed by atoms with Crippen LogP contribution >= 0.6 is 0 Å². The van der Waals surface area contributed by atoms with Crippen LogP contribution in [0.25, 0.3) is 11.5 Å². The van der Waals surface area contributed by atoms with Crippen LogP contribution < -0.4 is 9.47 Å². The minimum atomic E-state index is -0.930. The molecule has 0 saturated heterocycles. The van der Waals surface area contributed by atoms with Gasteiger partial charge < -0.3 is 23.7 Å². The molecule has 2 aromatic carbocycles. The summed E-state index contributed by atoms with van der Waals surface area (Å²) in [6, 6.07) is 11.8. The summed E-state index contributed by atoms with van der Waals surface area (Å²) in [7, 11) is 0. The van der Waals surface area contributed by atoms with E-state index in [9.17, 15) is 14.0 Å². The molecule has 1 N–H and O–H groups in total. The molecule has 2 heterocycles. The van der Waals surface area contributed by atoms with E-state index in [1.165, 1.54) is 24.3 Å². The number of benzene rings is 2. The van der Waals surface area contributed by atoms with E-state index >= 15 is 0 Å². The Morgan fingerprint density at radius 2 is 1.65 bits per heavy atom. The topological polar surface area (TPSA) is 117 Å². The molecule has 0 spiro atoms. The minimum Gasteiger partial charge on any atom is -0.483 e. The summed E-state index contributed by atoms with van der Waals surface area (Å²) in [5.74, 6) is 0.779. The monoisotopic (exact) mass is 507 g/mol. The molecule has 0 amide bonds. The molecule has 2 atom stereocenters. The molecule has 0 bridgehead atoms. The van der Waals surface area contributed by atoms with E-state index in [1.807, 2.05) is 0 Å². The second-order valence-electron chi connectivity index (χ2n) is 8.55. The lowest BCUT2D eigenvalue weighted by Gasteiger charge is -2.19. The number of aromatic nitrogens is 3. The third kappa shape index (κ3) is 6.40. The van der Waals surface area contributed by atoms with Crippen molar-refractivity contribution in [1.29, 1.82) is 0 Å². The molecule has 2 aromatic heterocycles. The standard InChI is InChI=1S/C27H26FN3O6/c1-16(31-14-19(4-13-25(32)33)24(15-31)27-29-18(3)30-37-27)26(34)17(2)35-21-9-11-23(12-10-21)36-22-7-5-20(28)6-8-22/h5-12,14-17H,4,13H2,1-3H3,(H,32,33). The number of carbonyl (C=O) groups excluding carboxylic acids is 1. The van der Waals surface area contributed by atoms with Crippen molar-refractivity contribution in [2.24, 2.45) is 0 Å². The molecule has 0 aliphatic rings. The molecular weight excluding hydrogens is 481 g/mol. The van der Waals surface area contributed by atoms with Crippen LogP contribution in [0.1, 0.15) is 37.7 Å². The van der Waals surface area contributed by atoms with Gasteiger partial charge in [0.05, 0.1) is 11.6 Å². The summed E-state index contributed by atoms with van der Waals surface area (Å²) in [5, 5.41) is 12.9. The van der Waals surface area contributed by atoms with Crippen molar-refractivity contribution < 1.29 is 33.1 Å². The van der Waals surface area contributed by atoms with Crippen molar-refractivity contribution in [2.45, 2.75) is 45.8 Å². The molecule has 192 valence electrons. The number of carboxylic acids is 1. The Morgan fingerprint density at radius 3 is 2.24 bits per heavy atom. The SMILES string of the molecule is Cc1noc(-c2cn(C(C)C(=O)C(C)Oc3ccc(Oc4ccc(F)cc4)cc3)cc2CCC(=O)O)n1. The van der Waals surface area contributed by atoms with Gasteiger partial charge >= 0.3 is 5.97 Å². The van der Waals surface area contributed by atoms with Crippen molar-refractivity contribution in [1.82, 2.24) is 14.7 Å². The van der Waals surface area contributed by atoms with E-state index in [1.54, 1.807) is 62.0 Å². The smallest absolute Gasteiger partial charge is 0.303 e. The zero-order valence-electron chi connectivity index (χ0n) is 20.6. The normalized spacial score (nSPS) is 12.6. The van der Waals surface area contributed by atoms with Crippen molar-refractivity contribution in [3.8, 4) is 28.7 Å². The minimum absolute atomic E-state index is 0.0765. The van der Waals surface area contributed by atoms with Gasteiger partial charge in [0.15, 0.2) is 17.7 Å². The number of aryl methyl sites for hydroxylation is 2. The van der Waals surface area contributed by atoms with Gasteiger partial charge in [-0.25, -0.2) is 4.39 Å². The number of Topliss-reactive ketones (excluding diaryl/α,β-unsaturated/α-hetero) is 1. The predicted octanol–water partition coefficient (Wildman–Crippen LogP) is 5.39. The van der Waals surface area contributed by atoms with Crippen LogP contribution in [0.4, 0.5) is 4.39 Å². The van der Waals surface area contributed by atoms with E-state index in [0.29, 0.717) is 34.2 Å². The number of hydrogen-bond donors (Lipinski definition) is 1. The van der Waals surface area contributed by atoms with Gasteiger partial charge in [-0.3, -0.25) is 9.59 Å². The van der Waals surface area contributed by atoms with Crippen LogP contribution in [0.5, 0.6) is 17.2 Å². The van der Waals surface area contributed by atoms with E-state index in [0.717, 1.165) is 0 Å². The van der Waals surface area contributed by atoms with Gasteiger partial charge in [-0.15, -0.1) is 0 Å².